The quantitative estimate of drug-likeness (QED) is 0.751. The Balaban J connectivity index is 1.97. The maximum absolute atomic E-state index is 12.6. The molecule has 2 amide bonds. The zero-order chi connectivity index (χ0) is 18.9. The molecular formula is C21H26N2O2S. The molecule has 0 unspecified atom stereocenters. The smallest absolute Gasteiger partial charge is 0.255 e. The fourth-order valence-electron chi connectivity index (χ4n) is 2.67. The van der Waals surface area contributed by atoms with Gasteiger partial charge in [0.2, 0.25) is 5.91 Å². The molecule has 4 nitrogen and oxygen atoms in total. The summed E-state index contributed by atoms with van der Waals surface area (Å²) in [5.41, 5.74) is 3.58. The van der Waals surface area contributed by atoms with E-state index in [0.717, 1.165) is 5.75 Å². The third-order valence-corrected chi connectivity index (χ3v) is 5.22. The zero-order valence-corrected chi connectivity index (χ0v) is 16.4. The van der Waals surface area contributed by atoms with E-state index in [2.05, 4.69) is 24.4 Å². The van der Waals surface area contributed by atoms with Crippen LogP contribution in [0, 0.1) is 6.92 Å². The van der Waals surface area contributed by atoms with Crippen LogP contribution in [0.3, 0.4) is 0 Å². The maximum Gasteiger partial charge on any atom is 0.255 e. The summed E-state index contributed by atoms with van der Waals surface area (Å²) in [6.45, 7) is 7.26. The Labute approximate surface area is 160 Å². The van der Waals surface area contributed by atoms with Crippen molar-refractivity contribution in [3.05, 3.63) is 65.2 Å². The van der Waals surface area contributed by atoms with Crippen molar-refractivity contribution in [3.63, 3.8) is 0 Å². The zero-order valence-electron chi connectivity index (χ0n) is 15.6. The Morgan fingerprint density at radius 3 is 2.35 bits per heavy atom. The number of anilines is 1. The van der Waals surface area contributed by atoms with E-state index in [9.17, 15) is 9.59 Å². The van der Waals surface area contributed by atoms with E-state index in [1.165, 1.54) is 11.1 Å². The lowest BCUT2D eigenvalue weighted by Crippen LogP contribution is -2.31. The molecule has 0 radical (unpaired) electrons. The minimum absolute atomic E-state index is 0.0570. The summed E-state index contributed by atoms with van der Waals surface area (Å²) in [5.74, 6) is 0.990. The van der Waals surface area contributed by atoms with Gasteiger partial charge in [-0.2, -0.15) is 0 Å². The molecule has 5 heteroatoms. The average Bonchev–Trinajstić information content (AvgIpc) is 2.64. The van der Waals surface area contributed by atoms with Crippen molar-refractivity contribution in [1.29, 1.82) is 0 Å². The van der Waals surface area contributed by atoms with Gasteiger partial charge in [-0.1, -0.05) is 36.4 Å². The number of rotatable bonds is 8. The molecule has 138 valence electrons. The molecule has 26 heavy (non-hydrogen) atoms. The fraction of sp³-hybridized carbons (Fsp3) is 0.333. The minimum atomic E-state index is -0.0941. The molecule has 0 aliphatic rings. The van der Waals surface area contributed by atoms with Gasteiger partial charge in [0, 0.05) is 18.8 Å². The van der Waals surface area contributed by atoms with E-state index in [4.69, 9.17) is 0 Å². The predicted octanol–water partition coefficient (Wildman–Crippen LogP) is 4.35. The van der Waals surface area contributed by atoms with Gasteiger partial charge in [0.25, 0.3) is 5.91 Å². The van der Waals surface area contributed by atoms with E-state index in [0.29, 0.717) is 30.1 Å². The van der Waals surface area contributed by atoms with Gasteiger partial charge in [0.15, 0.2) is 0 Å². The summed E-state index contributed by atoms with van der Waals surface area (Å²) in [4.78, 5) is 26.7. The molecule has 1 N–H and O–H groups in total. The average molecular weight is 371 g/mol. The first-order valence-corrected chi connectivity index (χ1v) is 10.0. The number of carbonyl (C=O) groups is 2. The first-order chi connectivity index (χ1) is 12.6. The van der Waals surface area contributed by atoms with Gasteiger partial charge in [-0.15, -0.1) is 11.8 Å². The lowest BCUT2D eigenvalue weighted by molar-refractivity contribution is -0.113. The van der Waals surface area contributed by atoms with Crippen LogP contribution in [-0.2, 0) is 10.5 Å². The summed E-state index contributed by atoms with van der Waals surface area (Å²) in [7, 11) is 0. The monoisotopic (exact) mass is 370 g/mol. The van der Waals surface area contributed by atoms with Crippen molar-refractivity contribution in [2.24, 2.45) is 0 Å². The molecule has 0 aromatic heterocycles. The first-order valence-electron chi connectivity index (χ1n) is 8.87. The molecule has 0 aliphatic carbocycles. The van der Waals surface area contributed by atoms with Gasteiger partial charge in [-0.3, -0.25) is 9.59 Å². The molecule has 2 rings (SSSR count). The summed E-state index contributed by atoms with van der Waals surface area (Å²) in [6, 6.07) is 15.4. The van der Waals surface area contributed by atoms with Crippen LogP contribution in [0.5, 0.6) is 0 Å². The van der Waals surface area contributed by atoms with Crippen LogP contribution in [0.4, 0.5) is 5.69 Å². The van der Waals surface area contributed by atoms with Crippen molar-refractivity contribution in [3.8, 4) is 0 Å². The maximum atomic E-state index is 12.6. The second-order valence-corrected chi connectivity index (χ2v) is 6.98. The van der Waals surface area contributed by atoms with Crippen molar-refractivity contribution in [2.75, 3.05) is 24.2 Å². The van der Waals surface area contributed by atoms with Crippen molar-refractivity contribution in [2.45, 2.75) is 26.5 Å². The van der Waals surface area contributed by atoms with Crippen molar-refractivity contribution in [1.82, 2.24) is 4.90 Å². The van der Waals surface area contributed by atoms with Crippen LogP contribution in [-0.4, -0.2) is 35.6 Å². The van der Waals surface area contributed by atoms with Gasteiger partial charge >= 0.3 is 0 Å². The number of nitrogens with zero attached hydrogens (tertiary/aromatic N) is 1. The number of para-hydroxylation sites is 1. The highest BCUT2D eigenvalue weighted by atomic mass is 32.2. The standard InChI is InChI=1S/C21H26N2O2S/c1-4-23(5-2)21(25)18-12-8-9-13-19(18)22-20(24)15-26-14-17-11-7-6-10-16(17)3/h6-13H,4-5,14-15H2,1-3H3,(H,22,24). The molecular weight excluding hydrogens is 344 g/mol. The molecule has 0 atom stereocenters. The highest BCUT2D eigenvalue weighted by molar-refractivity contribution is 7.99. The number of amides is 2. The first kappa shape index (κ1) is 20.0. The highest BCUT2D eigenvalue weighted by Crippen LogP contribution is 2.19. The molecule has 2 aromatic carbocycles. The van der Waals surface area contributed by atoms with Gasteiger partial charge in [0.05, 0.1) is 17.0 Å². The van der Waals surface area contributed by atoms with E-state index in [1.54, 1.807) is 28.8 Å². The third-order valence-electron chi connectivity index (χ3n) is 4.23. The third kappa shape index (κ3) is 5.36. The van der Waals surface area contributed by atoms with Crippen LogP contribution in [0.15, 0.2) is 48.5 Å². The Hall–Kier alpha value is -2.27. The van der Waals surface area contributed by atoms with E-state index >= 15 is 0 Å². The summed E-state index contributed by atoms with van der Waals surface area (Å²) < 4.78 is 0. The van der Waals surface area contributed by atoms with Gasteiger partial charge in [-0.05, 0) is 44.0 Å². The Kier molecular flexibility index (Phi) is 7.73. The van der Waals surface area contributed by atoms with E-state index < -0.39 is 0 Å². The topological polar surface area (TPSA) is 49.4 Å². The number of nitrogens with one attached hydrogen (secondary N) is 1. The van der Waals surface area contributed by atoms with Gasteiger partial charge in [0.1, 0.15) is 0 Å². The van der Waals surface area contributed by atoms with Crippen LogP contribution in [0.25, 0.3) is 0 Å². The van der Waals surface area contributed by atoms with Crippen LogP contribution in [0.1, 0.15) is 35.3 Å². The highest BCUT2D eigenvalue weighted by Gasteiger charge is 2.17. The molecule has 0 fully saturated rings. The normalized spacial score (nSPS) is 10.4. The Morgan fingerprint density at radius 1 is 1.00 bits per heavy atom. The van der Waals surface area contributed by atoms with Crippen LogP contribution in [0.2, 0.25) is 0 Å². The van der Waals surface area contributed by atoms with E-state index in [1.807, 2.05) is 38.1 Å². The van der Waals surface area contributed by atoms with Gasteiger partial charge in [-0.25, -0.2) is 0 Å². The van der Waals surface area contributed by atoms with Crippen molar-refractivity contribution >= 4 is 29.3 Å². The van der Waals surface area contributed by atoms with Crippen molar-refractivity contribution < 1.29 is 9.59 Å². The fourth-order valence-corrected chi connectivity index (χ4v) is 3.58. The number of benzene rings is 2. The molecule has 0 aliphatic heterocycles. The summed E-state index contributed by atoms with van der Waals surface area (Å²) >= 11 is 1.57. The number of hydrogen-bond donors (Lipinski definition) is 1. The number of carbonyl (C=O) groups excluding carboxylic acids is 2. The molecule has 0 saturated heterocycles. The molecule has 0 spiro atoms. The minimum Gasteiger partial charge on any atom is -0.339 e. The lowest BCUT2D eigenvalue weighted by atomic mass is 10.1. The van der Waals surface area contributed by atoms with Crippen LogP contribution >= 0.6 is 11.8 Å². The number of aryl methyl sites for hydroxylation is 1. The SMILES string of the molecule is CCN(CC)C(=O)c1ccccc1NC(=O)CSCc1ccccc1C. The second-order valence-electron chi connectivity index (χ2n) is 5.99. The predicted molar refractivity (Wildman–Crippen MR) is 110 cm³/mol. The molecule has 2 aromatic rings. The second kappa shape index (κ2) is 10.0. The number of thioether (sulfide) groups is 1. The molecule has 0 heterocycles. The Morgan fingerprint density at radius 2 is 1.65 bits per heavy atom. The summed E-state index contributed by atoms with van der Waals surface area (Å²) in [5, 5.41) is 2.89. The Bertz CT molecular complexity index is 757. The van der Waals surface area contributed by atoms with Gasteiger partial charge < -0.3 is 10.2 Å². The van der Waals surface area contributed by atoms with Crippen LogP contribution < -0.4 is 5.32 Å². The number of hydrogen-bond acceptors (Lipinski definition) is 3. The molecule has 0 saturated carbocycles. The molecule has 0 bridgehead atoms. The van der Waals surface area contributed by atoms with E-state index in [-0.39, 0.29) is 11.8 Å². The lowest BCUT2D eigenvalue weighted by Gasteiger charge is -2.20. The summed E-state index contributed by atoms with van der Waals surface area (Å²) in [6.07, 6.45) is 0. The largest absolute Gasteiger partial charge is 0.339 e.